The van der Waals surface area contributed by atoms with Crippen molar-refractivity contribution in [1.82, 2.24) is 9.80 Å². The van der Waals surface area contributed by atoms with E-state index in [1.807, 2.05) is 45.0 Å². The van der Waals surface area contributed by atoms with Crippen LogP contribution in [0.15, 0.2) is 48.0 Å². The summed E-state index contributed by atoms with van der Waals surface area (Å²) in [5.41, 5.74) is 3.40. The first-order valence-electron chi connectivity index (χ1n) is 12.1. The number of ketones is 1. The maximum absolute atomic E-state index is 13.2. The van der Waals surface area contributed by atoms with E-state index in [1.54, 1.807) is 23.1 Å². The fraction of sp³-hybridized carbons (Fsp3) is 0.429. The lowest BCUT2D eigenvalue weighted by atomic mass is 9.94. The van der Waals surface area contributed by atoms with Gasteiger partial charge in [0.1, 0.15) is 11.5 Å². The van der Waals surface area contributed by atoms with Crippen LogP contribution in [0.4, 0.5) is 0 Å². The third-order valence-corrected chi connectivity index (χ3v) is 6.45. The molecular weight excluding hydrogens is 428 g/mol. The van der Waals surface area contributed by atoms with Gasteiger partial charge in [0, 0.05) is 12.1 Å². The highest BCUT2D eigenvalue weighted by atomic mass is 16.5. The van der Waals surface area contributed by atoms with E-state index in [-0.39, 0.29) is 11.3 Å². The molecule has 6 nitrogen and oxygen atoms in total. The van der Waals surface area contributed by atoms with Crippen LogP contribution in [0.5, 0.6) is 5.75 Å². The first-order valence-corrected chi connectivity index (χ1v) is 12.1. The van der Waals surface area contributed by atoms with Gasteiger partial charge in [-0.25, -0.2) is 0 Å². The van der Waals surface area contributed by atoms with Crippen molar-refractivity contribution in [2.24, 2.45) is 0 Å². The van der Waals surface area contributed by atoms with Crippen molar-refractivity contribution < 1.29 is 19.4 Å². The summed E-state index contributed by atoms with van der Waals surface area (Å²) in [6.07, 6.45) is 0.749. The number of aliphatic hydroxyl groups excluding tert-OH is 1. The van der Waals surface area contributed by atoms with E-state index in [4.69, 9.17) is 4.74 Å². The summed E-state index contributed by atoms with van der Waals surface area (Å²) in [5, 5.41) is 11.3. The number of Topliss-reactive ketones (excluding diaryl/α,β-unsaturated/α-hetero) is 1. The maximum Gasteiger partial charge on any atom is 0.295 e. The maximum atomic E-state index is 13.2. The second-order valence-corrected chi connectivity index (χ2v) is 8.70. The van der Waals surface area contributed by atoms with Gasteiger partial charge >= 0.3 is 0 Å². The average Bonchev–Trinajstić information content (AvgIpc) is 3.08. The molecule has 1 heterocycles. The lowest BCUT2D eigenvalue weighted by Crippen LogP contribution is -2.33. The Bertz CT molecular complexity index is 1050. The lowest BCUT2D eigenvalue weighted by molar-refractivity contribution is -0.140. The van der Waals surface area contributed by atoms with Crippen LogP contribution in [0, 0.1) is 13.8 Å². The van der Waals surface area contributed by atoms with Gasteiger partial charge in [-0.2, -0.15) is 0 Å². The first-order chi connectivity index (χ1) is 16.3. The number of likely N-dealkylation sites (tertiary alicyclic amines) is 1. The zero-order chi connectivity index (χ0) is 24.8. The van der Waals surface area contributed by atoms with Gasteiger partial charge in [-0.15, -0.1) is 0 Å². The van der Waals surface area contributed by atoms with Crippen LogP contribution in [-0.2, 0) is 9.59 Å². The van der Waals surface area contributed by atoms with E-state index in [1.165, 1.54) is 0 Å². The lowest BCUT2D eigenvalue weighted by Gasteiger charge is -2.27. The average molecular weight is 465 g/mol. The molecule has 1 N–H and O–H groups in total. The Balaban J connectivity index is 2.03. The molecule has 0 spiro atoms. The number of hydrogen-bond acceptors (Lipinski definition) is 5. The second-order valence-electron chi connectivity index (χ2n) is 8.70. The third-order valence-electron chi connectivity index (χ3n) is 6.45. The molecule has 1 aliphatic heterocycles. The molecule has 1 aliphatic rings. The van der Waals surface area contributed by atoms with Crippen molar-refractivity contribution in [2.75, 3.05) is 32.8 Å². The number of carbonyl (C=O) groups is 2. The van der Waals surface area contributed by atoms with E-state index in [9.17, 15) is 14.7 Å². The number of nitrogens with zero attached hydrogens (tertiary/aromatic N) is 2. The van der Waals surface area contributed by atoms with Gasteiger partial charge in [0.25, 0.3) is 11.7 Å². The minimum Gasteiger partial charge on any atom is -0.507 e. The molecule has 2 aromatic carbocycles. The zero-order valence-corrected chi connectivity index (χ0v) is 20.9. The number of rotatable bonds is 10. The molecule has 1 saturated heterocycles. The molecule has 2 aromatic rings. The zero-order valence-electron chi connectivity index (χ0n) is 20.9. The summed E-state index contributed by atoms with van der Waals surface area (Å²) in [6.45, 7) is 13.7. The normalized spacial score (nSPS) is 17.6. The Kier molecular flexibility index (Phi) is 8.51. The SMILES string of the molecule is CCOc1ccc(C(O)=C2C(=O)C(=O)N(CCCN(CC)CC)[C@@H]2c2ccc(C)cc2)cc1C. The van der Waals surface area contributed by atoms with Crippen LogP contribution in [0.2, 0.25) is 0 Å². The molecular formula is C28H36N2O4. The molecule has 1 atom stereocenters. The Hall–Kier alpha value is -3.12. The minimum absolute atomic E-state index is 0.139. The van der Waals surface area contributed by atoms with Crippen LogP contribution in [0.25, 0.3) is 5.76 Å². The summed E-state index contributed by atoms with van der Waals surface area (Å²) in [4.78, 5) is 30.2. The van der Waals surface area contributed by atoms with Crippen LogP contribution >= 0.6 is 0 Å². The van der Waals surface area contributed by atoms with E-state index in [2.05, 4.69) is 18.7 Å². The van der Waals surface area contributed by atoms with Crippen molar-refractivity contribution >= 4 is 17.4 Å². The number of carbonyl (C=O) groups excluding carboxylic acids is 2. The Morgan fingerprint density at radius 2 is 1.71 bits per heavy atom. The molecule has 34 heavy (non-hydrogen) atoms. The predicted octanol–water partition coefficient (Wildman–Crippen LogP) is 4.86. The van der Waals surface area contributed by atoms with Gasteiger partial charge in [0.2, 0.25) is 0 Å². The van der Waals surface area contributed by atoms with E-state index in [0.29, 0.717) is 18.7 Å². The molecule has 0 radical (unpaired) electrons. The standard InChI is InChI=1S/C28H36N2O4/c1-6-29(7-2)16-9-17-30-25(21-12-10-19(4)11-13-21)24(27(32)28(30)33)26(31)22-14-15-23(34-8-3)20(5)18-22/h10-15,18,25,31H,6-9,16-17H2,1-5H3/t25-/m1/s1. The molecule has 0 aliphatic carbocycles. The quantitative estimate of drug-likeness (QED) is 0.309. The molecule has 1 amide bonds. The van der Waals surface area contributed by atoms with Gasteiger partial charge in [-0.05, 0) is 76.2 Å². The van der Waals surface area contributed by atoms with Crippen LogP contribution < -0.4 is 4.74 Å². The van der Waals surface area contributed by atoms with Crippen LogP contribution in [0.3, 0.4) is 0 Å². The second kappa shape index (κ2) is 11.3. The first kappa shape index (κ1) is 25.5. The summed E-state index contributed by atoms with van der Waals surface area (Å²) in [7, 11) is 0. The van der Waals surface area contributed by atoms with Crippen molar-refractivity contribution in [2.45, 2.75) is 47.1 Å². The van der Waals surface area contributed by atoms with Gasteiger partial charge < -0.3 is 19.6 Å². The molecule has 6 heteroatoms. The molecule has 0 unspecified atom stereocenters. The van der Waals surface area contributed by atoms with Gasteiger partial charge in [0.15, 0.2) is 0 Å². The number of benzene rings is 2. The van der Waals surface area contributed by atoms with Crippen molar-refractivity contribution in [1.29, 1.82) is 0 Å². The van der Waals surface area contributed by atoms with E-state index >= 15 is 0 Å². The van der Waals surface area contributed by atoms with Crippen LogP contribution in [-0.4, -0.2) is 59.4 Å². The summed E-state index contributed by atoms with van der Waals surface area (Å²) in [6, 6.07) is 12.5. The molecule has 0 bridgehead atoms. The fourth-order valence-electron chi connectivity index (χ4n) is 4.48. The van der Waals surface area contributed by atoms with Crippen molar-refractivity contribution in [3.63, 3.8) is 0 Å². The third kappa shape index (κ3) is 5.33. The van der Waals surface area contributed by atoms with Crippen molar-refractivity contribution in [3.05, 3.63) is 70.3 Å². The van der Waals surface area contributed by atoms with Crippen LogP contribution in [0.1, 0.15) is 55.5 Å². The van der Waals surface area contributed by atoms with E-state index in [0.717, 1.165) is 48.5 Å². The van der Waals surface area contributed by atoms with Crippen molar-refractivity contribution in [3.8, 4) is 5.75 Å². The predicted molar refractivity (Wildman–Crippen MR) is 135 cm³/mol. The number of hydrogen-bond donors (Lipinski definition) is 1. The van der Waals surface area contributed by atoms with Gasteiger partial charge in [0.05, 0.1) is 18.2 Å². The topological polar surface area (TPSA) is 70.1 Å². The Morgan fingerprint density at radius 3 is 2.29 bits per heavy atom. The minimum atomic E-state index is -0.641. The number of ether oxygens (including phenoxy) is 1. The smallest absolute Gasteiger partial charge is 0.295 e. The highest BCUT2D eigenvalue weighted by Gasteiger charge is 2.45. The van der Waals surface area contributed by atoms with Gasteiger partial charge in [-0.3, -0.25) is 9.59 Å². The summed E-state index contributed by atoms with van der Waals surface area (Å²) in [5.74, 6) is -0.626. The molecule has 182 valence electrons. The molecule has 0 saturated carbocycles. The Labute approximate surface area is 202 Å². The summed E-state index contributed by atoms with van der Waals surface area (Å²) < 4.78 is 5.60. The molecule has 0 aromatic heterocycles. The highest BCUT2D eigenvalue weighted by Crippen LogP contribution is 2.40. The molecule has 3 rings (SSSR count). The summed E-state index contributed by atoms with van der Waals surface area (Å²) >= 11 is 0. The van der Waals surface area contributed by atoms with E-state index < -0.39 is 17.7 Å². The fourth-order valence-corrected chi connectivity index (χ4v) is 4.48. The number of aryl methyl sites for hydroxylation is 2. The largest absolute Gasteiger partial charge is 0.507 e. The highest BCUT2D eigenvalue weighted by molar-refractivity contribution is 6.46. The number of aliphatic hydroxyl groups is 1. The molecule has 1 fully saturated rings. The Morgan fingerprint density at radius 1 is 1.03 bits per heavy atom. The number of amides is 1. The monoisotopic (exact) mass is 464 g/mol. The van der Waals surface area contributed by atoms with Gasteiger partial charge in [-0.1, -0.05) is 43.7 Å².